The number of hydrogen-bond acceptors (Lipinski definition) is 4. The van der Waals surface area contributed by atoms with E-state index in [-0.39, 0.29) is 42.5 Å². The van der Waals surface area contributed by atoms with Crippen LogP contribution in [0, 0.1) is 11.7 Å². The van der Waals surface area contributed by atoms with Crippen LogP contribution in [0.3, 0.4) is 0 Å². The van der Waals surface area contributed by atoms with Gasteiger partial charge in [-0.3, -0.25) is 4.79 Å². The van der Waals surface area contributed by atoms with Crippen LogP contribution in [-0.4, -0.2) is 47.5 Å². The first kappa shape index (κ1) is 27.3. The molecule has 5 atom stereocenters. The maximum atomic E-state index is 15.5. The molecule has 0 spiro atoms. The molecular weight excluding hydrogens is 502 g/mol. The second kappa shape index (κ2) is 12.7. The lowest BCUT2D eigenvalue weighted by atomic mass is 9.74. The van der Waals surface area contributed by atoms with Crippen LogP contribution in [0.4, 0.5) is 4.39 Å². The summed E-state index contributed by atoms with van der Waals surface area (Å²) in [6.45, 7) is -0.154. The van der Waals surface area contributed by atoms with Gasteiger partial charge in [-0.25, -0.2) is 4.39 Å². The first-order chi connectivity index (χ1) is 17.4. The summed E-state index contributed by atoms with van der Waals surface area (Å²) in [4.78, 5) is 13.5. The normalized spacial score (nSPS) is 25.6. The predicted molar refractivity (Wildman–Crippen MR) is 141 cm³/mol. The van der Waals surface area contributed by atoms with Gasteiger partial charge in [-0.1, -0.05) is 79.6 Å². The molecule has 2 fully saturated rings. The number of nitrogens with one attached hydrogen (secondary N) is 2. The number of halogens is 3. The van der Waals surface area contributed by atoms with Crippen LogP contribution >= 0.6 is 23.2 Å². The van der Waals surface area contributed by atoms with Crippen LogP contribution in [0.1, 0.15) is 67.9 Å². The largest absolute Gasteiger partial charge is 0.394 e. The fourth-order valence-corrected chi connectivity index (χ4v) is 6.28. The Balaban J connectivity index is 1.70. The van der Waals surface area contributed by atoms with Crippen molar-refractivity contribution >= 4 is 29.1 Å². The zero-order valence-electron chi connectivity index (χ0n) is 20.3. The number of carbonyl (C=O) groups is 1. The second-order valence-electron chi connectivity index (χ2n) is 10.2. The van der Waals surface area contributed by atoms with Crippen LogP contribution in [0.5, 0.6) is 0 Å². The van der Waals surface area contributed by atoms with E-state index in [1.165, 1.54) is 25.3 Å². The molecule has 8 heteroatoms. The lowest BCUT2D eigenvalue weighted by molar-refractivity contribution is -0.123. The maximum absolute atomic E-state index is 15.5. The molecule has 196 valence electrons. The molecule has 4 rings (SSSR count). The van der Waals surface area contributed by atoms with E-state index in [0.717, 1.165) is 24.8 Å². The molecule has 1 saturated carbocycles. The van der Waals surface area contributed by atoms with Crippen LogP contribution < -0.4 is 10.6 Å². The Labute approximate surface area is 222 Å². The molecule has 1 saturated heterocycles. The summed E-state index contributed by atoms with van der Waals surface area (Å²) in [5, 5.41) is 25.9. The Morgan fingerprint density at radius 3 is 2.50 bits per heavy atom. The maximum Gasteiger partial charge on any atom is 0.237 e. The van der Waals surface area contributed by atoms with Crippen molar-refractivity contribution in [1.82, 2.24) is 10.6 Å². The van der Waals surface area contributed by atoms with Gasteiger partial charge in [0, 0.05) is 29.4 Å². The van der Waals surface area contributed by atoms with E-state index in [1.807, 2.05) is 24.3 Å². The van der Waals surface area contributed by atoms with E-state index in [9.17, 15) is 9.90 Å². The fraction of sp³-hybridized carbons (Fsp3) is 0.536. The van der Waals surface area contributed by atoms with Gasteiger partial charge in [0.2, 0.25) is 5.91 Å². The third-order valence-electron chi connectivity index (χ3n) is 7.75. The van der Waals surface area contributed by atoms with Gasteiger partial charge in [0.05, 0.1) is 23.8 Å². The molecule has 1 amide bonds. The molecule has 1 aliphatic heterocycles. The van der Waals surface area contributed by atoms with E-state index in [4.69, 9.17) is 28.3 Å². The summed E-state index contributed by atoms with van der Waals surface area (Å²) in [5.74, 6) is -0.846. The van der Waals surface area contributed by atoms with Crippen molar-refractivity contribution in [3.05, 3.63) is 69.5 Å². The van der Waals surface area contributed by atoms with Gasteiger partial charge in [0.1, 0.15) is 5.82 Å². The van der Waals surface area contributed by atoms with Crippen LogP contribution in [0.2, 0.25) is 10.0 Å². The molecule has 0 bridgehead atoms. The third-order valence-corrected chi connectivity index (χ3v) is 8.29. The molecule has 4 N–H and O–H groups in total. The monoisotopic (exact) mass is 536 g/mol. The summed E-state index contributed by atoms with van der Waals surface area (Å²) in [6, 6.07) is 11.9. The molecule has 0 aromatic heterocycles. The van der Waals surface area contributed by atoms with Gasteiger partial charge < -0.3 is 20.8 Å². The second-order valence-corrected chi connectivity index (χ2v) is 11.0. The molecule has 0 radical (unpaired) electrons. The van der Waals surface area contributed by atoms with Gasteiger partial charge >= 0.3 is 0 Å². The van der Waals surface area contributed by atoms with Crippen molar-refractivity contribution in [2.75, 3.05) is 13.2 Å². The molecule has 36 heavy (non-hydrogen) atoms. The predicted octanol–water partition coefficient (Wildman–Crippen LogP) is 5.17. The summed E-state index contributed by atoms with van der Waals surface area (Å²) in [6.07, 6.45) is 6.25. The Morgan fingerprint density at radius 2 is 1.81 bits per heavy atom. The quantitative estimate of drug-likeness (QED) is 0.356. The topological polar surface area (TPSA) is 81.6 Å². The smallest absolute Gasteiger partial charge is 0.237 e. The van der Waals surface area contributed by atoms with Gasteiger partial charge in [-0.05, 0) is 48.1 Å². The number of amides is 1. The molecule has 1 aliphatic carbocycles. The number of aliphatic hydroxyl groups excluding tert-OH is 2. The first-order valence-corrected chi connectivity index (χ1v) is 13.7. The van der Waals surface area contributed by atoms with Crippen molar-refractivity contribution in [2.45, 2.75) is 75.0 Å². The van der Waals surface area contributed by atoms with E-state index < -0.39 is 23.9 Å². The van der Waals surface area contributed by atoms with Crippen molar-refractivity contribution < 1.29 is 19.4 Å². The molecule has 2 aliphatic rings. The average molecular weight is 538 g/mol. The molecular formula is C28H35Cl2FN2O3. The van der Waals surface area contributed by atoms with Gasteiger partial charge in [-0.2, -0.15) is 0 Å². The number of carbonyl (C=O) groups excluding carboxylic acids is 1. The van der Waals surface area contributed by atoms with Crippen LogP contribution in [0.15, 0.2) is 42.5 Å². The summed E-state index contributed by atoms with van der Waals surface area (Å²) >= 11 is 12.4. The van der Waals surface area contributed by atoms with Crippen LogP contribution in [0.25, 0.3) is 0 Å². The van der Waals surface area contributed by atoms with Gasteiger partial charge in [0.15, 0.2) is 0 Å². The molecule has 1 heterocycles. The summed E-state index contributed by atoms with van der Waals surface area (Å²) in [5.41, 5.74) is 1.42. The lowest BCUT2D eigenvalue weighted by Crippen LogP contribution is -2.46. The first-order valence-electron chi connectivity index (χ1n) is 12.9. The van der Waals surface area contributed by atoms with E-state index in [2.05, 4.69) is 10.6 Å². The van der Waals surface area contributed by atoms with E-state index in [1.54, 1.807) is 12.1 Å². The third kappa shape index (κ3) is 6.40. The van der Waals surface area contributed by atoms with Crippen molar-refractivity contribution in [1.29, 1.82) is 0 Å². The highest BCUT2D eigenvalue weighted by molar-refractivity contribution is 6.31. The van der Waals surface area contributed by atoms with Crippen LogP contribution in [-0.2, 0) is 4.79 Å². The zero-order valence-corrected chi connectivity index (χ0v) is 21.8. The standard InChI is InChI=1S/C28H35Cl2FN2O3/c29-19-11-9-18(10-12-19)24-23(15-17-5-2-1-3-6-17)33-27(28(36)32-14-13-20(35)16-34)25(24)21-7-4-8-22(30)26(21)31/h4,7-12,17,20,23-25,27,33-35H,1-3,5-6,13-16H2,(H,32,36)/t20-,23-,24+,25+,27+/m0/s1. The summed E-state index contributed by atoms with van der Waals surface area (Å²) in [7, 11) is 0. The SMILES string of the molecule is O=C(NCC[C@H](O)CO)[C@@H]1N[C@@H](CC2CCCCC2)[C@@H](c2ccc(Cl)cc2)[C@H]1c1cccc(Cl)c1F. The Kier molecular flexibility index (Phi) is 9.65. The minimum Gasteiger partial charge on any atom is -0.394 e. The zero-order chi connectivity index (χ0) is 25.7. The lowest BCUT2D eigenvalue weighted by Gasteiger charge is -2.30. The molecule has 2 aromatic rings. The van der Waals surface area contributed by atoms with E-state index in [0.29, 0.717) is 16.5 Å². The minimum absolute atomic E-state index is 0.0308. The highest BCUT2D eigenvalue weighted by Gasteiger charge is 2.48. The van der Waals surface area contributed by atoms with Crippen molar-refractivity contribution in [3.8, 4) is 0 Å². The average Bonchev–Trinajstić information content (AvgIpc) is 3.25. The highest BCUT2D eigenvalue weighted by atomic mass is 35.5. The number of hydrogen-bond donors (Lipinski definition) is 4. The summed E-state index contributed by atoms with van der Waals surface area (Å²) < 4.78 is 15.5. The Bertz CT molecular complexity index is 1020. The Morgan fingerprint density at radius 1 is 1.08 bits per heavy atom. The number of rotatable bonds is 9. The van der Waals surface area contributed by atoms with Crippen molar-refractivity contribution in [3.63, 3.8) is 0 Å². The van der Waals surface area contributed by atoms with Gasteiger partial charge in [-0.15, -0.1) is 0 Å². The number of aliphatic hydroxyl groups is 2. The number of benzene rings is 2. The van der Waals surface area contributed by atoms with E-state index >= 15 is 4.39 Å². The Hall–Kier alpha value is -1.70. The van der Waals surface area contributed by atoms with Gasteiger partial charge in [0.25, 0.3) is 0 Å². The highest BCUT2D eigenvalue weighted by Crippen LogP contribution is 2.47. The van der Waals surface area contributed by atoms with Crippen molar-refractivity contribution in [2.24, 2.45) is 5.92 Å². The molecule has 5 nitrogen and oxygen atoms in total. The molecule has 2 aromatic carbocycles. The fourth-order valence-electron chi connectivity index (χ4n) is 5.97. The minimum atomic E-state index is -0.899. The molecule has 0 unspecified atom stereocenters.